The van der Waals surface area contributed by atoms with Crippen LogP contribution in [0.1, 0.15) is 20.3 Å². The van der Waals surface area contributed by atoms with Gasteiger partial charge in [-0.3, -0.25) is 14.4 Å². The van der Waals surface area contributed by atoms with Crippen LogP contribution in [0.4, 0.5) is 0 Å². The molecule has 136 valence electrons. The fourth-order valence-corrected chi connectivity index (χ4v) is 2.34. The summed E-state index contributed by atoms with van der Waals surface area (Å²) in [5.41, 5.74) is -0.215. The summed E-state index contributed by atoms with van der Waals surface area (Å²) in [6.45, 7) is 1.99. The number of aliphatic hydroxyl groups excluding tert-OH is 1. The molecule has 1 aromatic heterocycles. The lowest BCUT2D eigenvalue weighted by atomic mass is 10.1. The van der Waals surface area contributed by atoms with Gasteiger partial charge in [-0.1, -0.05) is 17.3 Å². The van der Waals surface area contributed by atoms with E-state index in [-0.39, 0.29) is 29.8 Å². The third-order valence-electron chi connectivity index (χ3n) is 3.54. The number of benzene rings is 1. The minimum absolute atomic E-state index is 0.0386. The number of hydrogen-bond acceptors (Lipinski definition) is 8. The van der Waals surface area contributed by atoms with Gasteiger partial charge in [-0.25, -0.2) is 4.68 Å². The highest BCUT2D eigenvalue weighted by Crippen LogP contribution is 2.07. The van der Waals surface area contributed by atoms with Gasteiger partial charge in [-0.05, 0) is 26.0 Å². The van der Waals surface area contributed by atoms with E-state index in [0.717, 1.165) is 4.68 Å². The van der Waals surface area contributed by atoms with E-state index in [0.29, 0.717) is 10.9 Å². The van der Waals surface area contributed by atoms with Gasteiger partial charge in [-0.2, -0.15) is 0 Å². The Hall–Kier alpha value is -3.36. The zero-order chi connectivity index (χ0) is 19.3. The Morgan fingerprint density at radius 1 is 1.27 bits per heavy atom. The van der Waals surface area contributed by atoms with Crippen LogP contribution in [0.2, 0.25) is 0 Å². The maximum Gasteiger partial charge on any atom is 0.308 e. The lowest BCUT2D eigenvalue weighted by molar-refractivity contribution is -0.143. The lowest BCUT2D eigenvalue weighted by Crippen LogP contribution is -2.26. The number of rotatable bonds is 7. The normalized spacial score (nSPS) is 11.8. The zero-order valence-electron chi connectivity index (χ0n) is 14.4. The van der Waals surface area contributed by atoms with E-state index in [1.807, 2.05) is 0 Å². The van der Waals surface area contributed by atoms with E-state index in [9.17, 15) is 19.5 Å². The number of aliphatic hydroxyl groups is 1. The molecule has 0 bridgehead atoms. The number of carbonyl (C=O) groups is 2. The van der Waals surface area contributed by atoms with E-state index >= 15 is 0 Å². The van der Waals surface area contributed by atoms with Gasteiger partial charge in [0.05, 0.1) is 23.9 Å². The summed E-state index contributed by atoms with van der Waals surface area (Å²) >= 11 is 0. The van der Waals surface area contributed by atoms with Crippen molar-refractivity contribution in [2.24, 2.45) is 0 Å². The van der Waals surface area contributed by atoms with Crippen LogP contribution in [-0.4, -0.2) is 44.2 Å². The van der Waals surface area contributed by atoms with Crippen LogP contribution < -0.4 is 5.56 Å². The molecule has 2 rings (SSSR count). The SMILES string of the molecule is CC(=N)/C(C(C)=O)=C(/O)COC(=O)CCn1nnc2ccccc2c1=O. The number of ether oxygens (including phenoxy) is 1. The number of ketones is 1. The van der Waals surface area contributed by atoms with Gasteiger partial charge in [0.25, 0.3) is 5.56 Å². The number of carbonyl (C=O) groups excluding carboxylic acids is 2. The van der Waals surface area contributed by atoms with Gasteiger partial charge in [-0.15, -0.1) is 5.10 Å². The minimum Gasteiger partial charge on any atom is -0.508 e. The van der Waals surface area contributed by atoms with Crippen molar-refractivity contribution in [3.05, 3.63) is 46.0 Å². The monoisotopic (exact) mass is 358 g/mol. The lowest BCUT2D eigenvalue weighted by Gasteiger charge is -2.08. The smallest absolute Gasteiger partial charge is 0.308 e. The summed E-state index contributed by atoms with van der Waals surface area (Å²) in [6, 6.07) is 6.73. The molecule has 2 N–H and O–H groups in total. The topological polar surface area (TPSA) is 135 Å². The second-order valence-electron chi connectivity index (χ2n) is 5.55. The predicted molar refractivity (Wildman–Crippen MR) is 93.1 cm³/mol. The highest BCUT2D eigenvalue weighted by atomic mass is 16.5. The largest absolute Gasteiger partial charge is 0.508 e. The molecule has 0 atom stereocenters. The molecule has 1 heterocycles. The summed E-state index contributed by atoms with van der Waals surface area (Å²) in [4.78, 5) is 35.4. The van der Waals surface area contributed by atoms with Crippen LogP contribution >= 0.6 is 0 Å². The second-order valence-corrected chi connectivity index (χ2v) is 5.55. The first kappa shape index (κ1) is 19.0. The van der Waals surface area contributed by atoms with Crippen LogP contribution in [-0.2, 0) is 20.9 Å². The summed E-state index contributed by atoms with van der Waals surface area (Å²) in [7, 11) is 0. The average Bonchev–Trinajstić information content (AvgIpc) is 2.59. The fourth-order valence-electron chi connectivity index (χ4n) is 2.34. The van der Waals surface area contributed by atoms with Gasteiger partial charge in [0.15, 0.2) is 5.78 Å². The number of hydrogen-bond donors (Lipinski definition) is 2. The zero-order valence-corrected chi connectivity index (χ0v) is 14.4. The van der Waals surface area contributed by atoms with Crippen LogP contribution in [0.3, 0.4) is 0 Å². The molecule has 9 heteroatoms. The average molecular weight is 358 g/mol. The molecular formula is C17H18N4O5. The summed E-state index contributed by atoms with van der Waals surface area (Å²) in [5.74, 6) is -1.67. The van der Waals surface area contributed by atoms with Crippen molar-refractivity contribution >= 4 is 28.4 Å². The first-order chi connectivity index (χ1) is 12.3. The van der Waals surface area contributed by atoms with Crippen LogP contribution in [0.25, 0.3) is 10.9 Å². The third-order valence-corrected chi connectivity index (χ3v) is 3.54. The second kappa shape index (κ2) is 8.15. The Morgan fingerprint density at radius 3 is 2.62 bits per heavy atom. The summed E-state index contributed by atoms with van der Waals surface area (Å²) in [5, 5.41) is 25.3. The van der Waals surface area contributed by atoms with Crippen LogP contribution in [0, 0.1) is 5.41 Å². The number of nitrogens with one attached hydrogen (secondary N) is 1. The number of aryl methyl sites for hydroxylation is 1. The molecule has 0 amide bonds. The Kier molecular flexibility index (Phi) is 5.94. The standard InChI is InChI=1S/C17H18N4O5/c1-10(18)16(11(2)22)14(23)9-26-15(24)7-8-21-17(25)12-5-3-4-6-13(12)19-20-21/h3-6,18,23H,7-9H2,1-2H3/b16-14-,18-10?. The number of fused-ring (bicyclic) bond motifs is 1. The third kappa shape index (κ3) is 4.38. The fraction of sp³-hybridized carbons (Fsp3) is 0.294. The molecular weight excluding hydrogens is 340 g/mol. The van der Waals surface area contributed by atoms with Gasteiger partial charge in [0.1, 0.15) is 17.9 Å². The molecule has 9 nitrogen and oxygen atoms in total. The summed E-state index contributed by atoms with van der Waals surface area (Å²) < 4.78 is 5.93. The van der Waals surface area contributed by atoms with Gasteiger partial charge >= 0.3 is 5.97 Å². The maximum absolute atomic E-state index is 12.2. The number of esters is 1. The van der Waals surface area contributed by atoms with Gasteiger partial charge in [0.2, 0.25) is 0 Å². The number of aromatic nitrogens is 3. The highest BCUT2D eigenvalue weighted by molar-refractivity contribution is 6.19. The number of nitrogens with zero attached hydrogens (tertiary/aromatic N) is 3. The minimum atomic E-state index is -0.691. The quantitative estimate of drug-likeness (QED) is 0.328. The van der Waals surface area contributed by atoms with E-state index < -0.39 is 24.1 Å². The summed E-state index contributed by atoms with van der Waals surface area (Å²) in [6.07, 6.45) is -0.167. The first-order valence-corrected chi connectivity index (χ1v) is 7.78. The van der Waals surface area contributed by atoms with E-state index in [1.165, 1.54) is 13.8 Å². The van der Waals surface area contributed by atoms with E-state index in [1.54, 1.807) is 24.3 Å². The van der Waals surface area contributed by atoms with Crippen LogP contribution in [0.15, 0.2) is 40.4 Å². The van der Waals surface area contributed by atoms with Crippen molar-refractivity contribution in [3.63, 3.8) is 0 Å². The molecule has 1 aromatic carbocycles. The van der Waals surface area contributed by atoms with Crippen molar-refractivity contribution in [3.8, 4) is 0 Å². The number of Topliss-reactive ketones (excluding diaryl/α,β-unsaturated/α-hetero) is 1. The Balaban J connectivity index is 2.00. The molecule has 0 saturated heterocycles. The number of allylic oxidation sites excluding steroid dienone is 1. The molecule has 0 saturated carbocycles. The highest BCUT2D eigenvalue weighted by Gasteiger charge is 2.15. The van der Waals surface area contributed by atoms with Gasteiger partial charge < -0.3 is 15.3 Å². The Morgan fingerprint density at radius 2 is 1.96 bits per heavy atom. The van der Waals surface area contributed by atoms with Crippen molar-refractivity contribution in [2.75, 3.05) is 6.61 Å². The maximum atomic E-state index is 12.2. The molecule has 0 fully saturated rings. The van der Waals surface area contributed by atoms with E-state index in [2.05, 4.69) is 10.3 Å². The van der Waals surface area contributed by atoms with Gasteiger partial charge in [0, 0.05) is 5.71 Å². The molecule has 0 aliphatic carbocycles. The van der Waals surface area contributed by atoms with Crippen LogP contribution in [0.5, 0.6) is 0 Å². The van der Waals surface area contributed by atoms with Crippen molar-refractivity contribution in [1.29, 1.82) is 5.41 Å². The molecule has 0 aliphatic heterocycles. The Bertz CT molecular complexity index is 945. The van der Waals surface area contributed by atoms with Crippen molar-refractivity contribution < 1.29 is 19.4 Å². The molecule has 26 heavy (non-hydrogen) atoms. The van der Waals surface area contributed by atoms with Crippen molar-refractivity contribution in [2.45, 2.75) is 26.8 Å². The van der Waals surface area contributed by atoms with E-state index in [4.69, 9.17) is 10.1 Å². The molecule has 0 unspecified atom stereocenters. The Labute approximate surface area is 148 Å². The molecule has 2 aromatic rings. The first-order valence-electron chi connectivity index (χ1n) is 7.78. The van der Waals surface area contributed by atoms with Crippen molar-refractivity contribution in [1.82, 2.24) is 15.0 Å². The molecule has 0 radical (unpaired) electrons. The molecule has 0 spiro atoms. The predicted octanol–water partition coefficient (Wildman–Crippen LogP) is 1.17. The molecule has 0 aliphatic rings.